The monoisotopic (exact) mass is 302 g/mol. The van der Waals surface area contributed by atoms with Crippen molar-refractivity contribution < 1.29 is 22.7 Å². The summed E-state index contributed by atoms with van der Waals surface area (Å²) in [6.07, 6.45) is 0. The molecule has 2 aromatic rings. The summed E-state index contributed by atoms with van der Waals surface area (Å²) in [5.41, 5.74) is 0.0774. The number of nitrogens with zero attached hydrogens (tertiary/aromatic N) is 1. The molecule has 0 aliphatic rings. The molecule has 0 saturated heterocycles. The van der Waals surface area contributed by atoms with E-state index in [1.165, 1.54) is 5.38 Å². The van der Waals surface area contributed by atoms with Gasteiger partial charge in [0.1, 0.15) is 0 Å². The number of anilines is 2. The minimum atomic E-state index is -1.54. The Labute approximate surface area is 116 Å². The van der Waals surface area contributed by atoms with Gasteiger partial charge in [-0.05, 0) is 6.92 Å². The average molecular weight is 302 g/mol. The molecule has 0 bridgehead atoms. The zero-order valence-electron chi connectivity index (χ0n) is 10.2. The maximum absolute atomic E-state index is 13.0. The minimum Gasteiger partial charge on any atom is -0.461 e. The minimum absolute atomic E-state index is 0.00819. The second-order valence-corrected chi connectivity index (χ2v) is 4.50. The first-order chi connectivity index (χ1) is 9.51. The van der Waals surface area contributed by atoms with Gasteiger partial charge in [-0.1, -0.05) is 0 Å². The predicted octanol–water partition coefficient (Wildman–Crippen LogP) is 3.48. The van der Waals surface area contributed by atoms with Crippen molar-refractivity contribution in [3.05, 3.63) is 40.7 Å². The molecule has 0 atom stereocenters. The number of carbonyl (C=O) groups excluding carboxylic acids is 1. The van der Waals surface area contributed by atoms with Gasteiger partial charge in [-0.15, -0.1) is 11.3 Å². The third-order valence-electron chi connectivity index (χ3n) is 2.22. The SMILES string of the molecule is CCOC(=O)c1csc(Nc2cc(F)c(F)c(F)c2)n1. The van der Waals surface area contributed by atoms with Crippen LogP contribution in [0.15, 0.2) is 17.5 Å². The van der Waals surface area contributed by atoms with Crippen molar-refractivity contribution in [1.82, 2.24) is 4.98 Å². The standard InChI is InChI=1S/C12H9F3N2O2S/c1-2-19-11(18)9-5-20-12(17-9)16-6-3-7(13)10(15)8(14)4-6/h3-5H,2H2,1H3,(H,16,17). The highest BCUT2D eigenvalue weighted by Crippen LogP contribution is 2.24. The number of thiazole rings is 1. The van der Waals surface area contributed by atoms with E-state index in [1.54, 1.807) is 6.92 Å². The zero-order chi connectivity index (χ0) is 14.7. The first-order valence-corrected chi connectivity index (χ1v) is 6.43. The van der Waals surface area contributed by atoms with Gasteiger partial charge in [0, 0.05) is 23.2 Å². The Kier molecular flexibility index (Phi) is 4.23. The van der Waals surface area contributed by atoms with Crippen LogP contribution in [0.1, 0.15) is 17.4 Å². The molecule has 20 heavy (non-hydrogen) atoms. The van der Waals surface area contributed by atoms with Crippen LogP contribution in [-0.4, -0.2) is 17.6 Å². The fourth-order valence-corrected chi connectivity index (χ4v) is 2.08. The van der Waals surface area contributed by atoms with Gasteiger partial charge in [-0.2, -0.15) is 0 Å². The van der Waals surface area contributed by atoms with Crippen LogP contribution >= 0.6 is 11.3 Å². The topological polar surface area (TPSA) is 51.2 Å². The summed E-state index contributed by atoms with van der Waals surface area (Å²) in [6, 6.07) is 1.59. The molecule has 0 unspecified atom stereocenters. The van der Waals surface area contributed by atoms with E-state index >= 15 is 0 Å². The molecule has 1 aromatic heterocycles. The van der Waals surface area contributed by atoms with Crippen LogP contribution in [-0.2, 0) is 4.74 Å². The Balaban J connectivity index is 2.17. The number of rotatable bonds is 4. The molecule has 2 rings (SSSR count). The van der Waals surface area contributed by atoms with Crippen LogP contribution in [0.2, 0.25) is 0 Å². The highest BCUT2D eigenvalue weighted by molar-refractivity contribution is 7.14. The van der Waals surface area contributed by atoms with E-state index in [9.17, 15) is 18.0 Å². The summed E-state index contributed by atoms with van der Waals surface area (Å²) >= 11 is 1.05. The molecule has 0 fully saturated rings. The van der Waals surface area contributed by atoms with E-state index in [1.807, 2.05) is 0 Å². The van der Waals surface area contributed by atoms with E-state index in [-0.39, 0.29) is 23.1 Å². The average Bonchev–Trinajstić information content (AvgIpc) is 2.85. The zero-order valence-corrected chi connectivity index (χ0v) is 11.1. The number of nitrogens with one attached hydrogen (secondary N) is 1. The Hall–Kier alpha value is -2.09. The Morgan fingerprint density at radius 1 is 1.35 bits per heavy atom. The summed E-state index contributed by atoms with van der Waals surface area (Å²) < 4.78 is 43.6. The normalized spacial score (nSPS) is 10.4. The lowest BCUT2D eigenvalue weighted by Gasteiger charge is -2.04. The van der Waals surface area contributed by atoms with Crippen LogP contribution < -0.4 is 5.32 Å². The second kappa shape index (κ2) is 5.91. The molecule has 0 radical (unpaired) electrons. The van der Waals surface area contributed by atoms with Crippen LogP contribution in [0.4, 0.5) is 24.0 Å². The number of hydrogen-bond donors (Lipinski definition) is 1. The van der Waals surface area contributed by atoms with Crippen molar-refractivity contribution in [3.8, 4) is 0 Å². The van der Waals surface area contributed by atoms with E-state index < -0.39 is 23.4 Å². The van der Waals surface area contributed by atoms with E-state index in [4.69, 9.17) is 4.74 Å². The number of aromatic nitrogens is 1. The van der Waals surface area contributed by atoms with Gasteiger partial charge >= 0.3 is 5.97 Å². The largest absolute Gasteiger partial charge is 0.461 e. The fraction of sp³-hybridized carbons (Fsp3) is 0.167. The number of esters is 1. The Bertz CT molecular complexity index is 622. The van der Waals surface area contributed by atoms with Gasteiger partial charge in [-0.3, -0.25) is 0 Å². The van der Waals surface area contributed by atoms with Gasteiger partial charge in [0.2, 0.25) is 0 Å². The van der Waals surface area contributed by atoms with Crippen molar-refractivity contribution in [2.45, 2.75) is 6.92 Å². The smallest absolute Gasteiger partial charge is 0.357 e. The van der Waals surface area contributed by atoms with E-state index in [0.717, 1.165) is 23.5 Å². The van der Waals surface area contributed by atoms with Gasteiger partial charge in [0.15, 0.2) is 28.3 Å². The number of halogens is 3. The molecular formula is C12H9F3N2O2S. The van der Waals surface area contributed by atoms with E-state index in [0.29, 0.717) is 0 Å². The lowest BCUT2D eigenvalue weighted by molar-refractivity contribution is 0.0520. The molecule has 8 heteroatoms. The lowest BCUT2D eigenvalue weighted by Crippen LogP contribution is -2.05. The quantitative estimate of drug-likeness (QED) is 0.694. The molecule has 0 aliphatic carbocycles. The maximum Gasteiger partial charge on any atom is 0.357 e. The summed E-state index contributed by atoms with van der Waals surface area (Å²) in [5, 5.41) is 4.26. The molecule has 1 heterocycles. The molecule has 0 aliphatic heterocycles. The summed E-state index contributed by atoms with van der Waals surface area (Å²) in [4.78, 5) is 15.3. The van der Waals surface area contributed by atoms with Gasteiger partial charge in [-0.25, -0.2) is 22.9 Å². The lowest BCUT2D eigenvalue weighted by atomic mass is 10.3. The Morgan fingerprint density at radius 3 is 2.60 bits per heavy atom. The molecular weight excluding hydrogens is 293 g/mol. The number of carbonyl (C=O) groups is 1. The maximum atomic E-state index is 13.0. The highest BCUT2D eigenvalue weighted by Gasteiger charge is 2.14. The third-order valence-corrected chi connectivity index (χ3v) is 2.98. The fourth-order valence-electron chi connectivity index (χ4n) is 1.38. The second-order valence-electron chi connectivity index (χ2n) is 3.64. The van der Waals surface area contributed by atoms with Crippen molar-refractivity contribution in [2.24, 2.45) is 0 Å². The third kappa shape index (κ3) is 3.08. The molecule has 1 N–H and O–H groups in total. The van der Waals surface area contributed by atoms with Crippen LogP contribution in [0.3, 0.4) is 0 Å². The summed E-state index contributed by atoms with van der Waals surface area (Å²) in [6.45, 7) is 1.88. The van der Waals surface area contributed by atoms with Crippen LogP contribution in [0.25, 0.3) is 0 Å². The molecule has 4 nitrogen and oxygen atoms in total. The first-order valence-electron chi connectivity index (χ1n) is 5.55. The van der Waals surface area contributed by atoms with Gasteiger partial charge in [0.25, 0.3) is 0 Å². The van der Waals surface area contributed by atoms with Crippen molar-refractivity contribution in [2.75, 3.05) is 11.9 Å². The molecule has 0 amide bonds. The van der Waals surface area contributed by atoms with Crippen LogP contribution in [0, 0.1) is 17.5 Å². The van der Waals surface area contributed by atoms with Crippen molar-refractivity contribution in [3.63, 3.8) is 0 Å². The van der Waals surface area contributed by atoms with Crippen LogP contribution in [0.5, 0.6) is 0 Å². The number of hydrogen-bond acceptors (Lipinski definition) is 5. The molecule has 106 valence electrons. The number of ether oxygens (including phenoxy) is 1. The van der Waals surface area contributed by atoms with Gasteiger partial charge in [0.05, 0.1) is 6.61 Å². The summed E-state index contributed by atoms with van der Waals surface area (Å²) in [7, 11) is 0. The molecule has 0 spiro atoms. The molecule has 0 saturated carbocycles. The highest BCUT2D eigenvalue weighted by atomic mass is 32.1. The predicted molar refractivity (Wildman–Crippen MR) is 67.7 cm³/mol. The number of benzene rings is 1. The van der Waals surface area contributed by atoms with Gasteiger partial charge < -0.3 is 10.1 Å². The van der Waals surface area contributed by atoms with Crippen molar-refractivity contribution in [1.29, 1.82) is 0 Å². The summed E-state index contributed by atoms with van der Waals surface area (Å²) in [5.74, 6) is -4.75. The Morgan fingerprint density at radius 2 is 2.00 bits per heavy atom. The van der Waals surface area contributed by atoms with E-state index in [2.05, 4.69) is 10.3 Å². The van der Waals surface area contributed by atoms with Crippen molar-refractivity contribution >= 4 is 28.1 Å². The first kappa shape index (κ1) is 14.3. The molecule has 1 aromatic carbocycles.